The number of ether oxygens (including phenoxy) is 1. The Bertz CT molecular complexity index is 775. The molecule has 8 heteroatoms. The standard InChI is InChI=1S/C17H24N2O5S/c1-5-8-18-16(20)12(3)24-17(21)13-6-7-15-14(10-13)9-11(2)19(15)25(4,22)23/h6-7,10-12H,5,8-9H2,1-4H3,(H,18,20)/t11-,12-/m1/s1. The number of nitrogens with one attached hydrogen (secondary N) is 1. The number of carbonyl (C=O) groups is 2. The first-order valence-electron chi connectivity index (χ1n) is 8.26. The Kier molecular flexibility index (Phi) is 5.72. The van der Waals surface area contributed by atoms with E-state index in [-0.39, 0.29) is 11.9 Å². The molecule has 0 bridgehead atoms. The van der Waals surface area contributed by atoms with Gasteiger partial charge in [-0.15, -0.1) is 0 Å². The van der Waals surface area contributed by atoms with Crippen LogP contribution in [0, 0.1) is 0 Å². The lowest BCUT2D eigenvalue weighted by atomic mass is 10.1. The summed E-state index contributed by atoms with van der Waals surface area (Å²) in [5.74, 6) is -0.944. The molecule has 0 radical (unpaired) electrons. The number of amides is 1. The molecule has 1 amide bonds. The van der Waals surface area contributed by atoms with Crippen LogP contribution in [0.1, 0.15) is 43.1 Å². The number of carbonyl (C=O) groups excluding carboxylic acids is 2. The number of benzene rings is 1. The van der Waals surface area contributed by atoms with Crippen molar-refractivity contribution >= 4 is 27.6 Å². The monoisotopic (exact) mass is 368 g/mol. The molecule has 2 rings (SSSR count). The molecule has 1 aliphatic rings. The Labute approximate surface area is 148 Å². The lowest BCUT2D eigenvalue weighted by molar-refractivity contribution is -0.129. The highest BCUT2D eigenvalue weighted by molar-refractivity contribution is 7.92. The maximum absolute atomic E-state index is 12.3. The molecular formula is C17H24N2O5S. The Morgan fingerprint density at radius 3 is 2.68 bits per heavy atom. The average molecular weight is 368 g/mol. The Morgan fingerprint density at radius 2 is 2.08 bits per heavy atom. The van der Waals surface area contributed by atoms with E-state index in [1.807, 2.05) is 13.8 Å². The van der Waals surface area contributed by atoms with E-state index >= 15 is 0 Å². The van der Waals surface area contributed by atoms with E-state index in [2.05, 4.69) is 5.32 Å². The maximum atomic E-state index is 12.3. The summed E-state index contributed by atoms with van der Waals surface area (Å²) in [6.45, 7) is 5.80. The first kappa shape index (κ1) is 19.2. The van der Waals surface area contributed by atoms with Crippen molar-refractivity contribution in [1.82, 2.24) is 5.32 Å². The van der Waals surface area contributed by atoms with Crippen molar-refractivity contribution in [2.45, 2.75) is 45.8 Å². The number of anilines is 1. The van der Waals surface area contributed by atoms with Crippen LogP contribution in [0.25, 0.3) is 0 Å². The van der Waals surface area contributed by atoms with Crippen LogP contribution in [0.4, 0.5) is 5.69 Å². The third kappa shape index (κ3) is 4.31. The summed E-state index contributed by atoms with van der Waals surface area (Å²) >= 11 is 0. The van der Waals surface area contributed by atoms with Gasteiger partial charge in [-0.25, -0.2) is 13.2 Å². The van der Waals surface area contributed by atoms with Crippen molar-refractivity contribution in [3.8, 4) is 0 Å². The molecule has 0 fully saturated rings. The smallest absolute Gasteiger partial charge is 0.338 e. The zero-order chi connectivity index (χ0) is 18.8. The lowest BCUT2D eigenvalue weighted by Gasteiger charge is -2.22. The molecular weight excluding hydrogens is 344 g/mol. The summed E-state index contributed by atoms with van der Waals surface area (Å²) in [4.78, 5) is 24.0. The van der Waals surface area contributed by atoms with Crippen LogP contribution in [0.2, 0.25) is 0 Å². The van der Waals surface area contributed by atoms with Crippen LogP contribution in [-0.4, -0.2) is 45.2 Å². The van der Waals surface area contributed by atoms with Crippen LogP contribution in [-0.2, 0) is 26.0 Å². The van der Waals surface area contributed by atoms with E-state index in [1.54, 1.807) is 12.1 Å². The minimum atomic E-state index is -3.37. The second-order valence-electron chi connectivity index (χ2n) is 6.29. The second-order valence-corrected chi connectivity index (χ2v) is 8.15. The zero-order valence-electron chi connectivity index (χ0n) is 14.9. The summed E-state index contributed by atoms with van der Waals surface area (Å²) in [6, 6.07) is 4.57. The van der Waals surface area contributed by atoms with Gasteiger partial charge in [-0.3, -0.25) is 9.10 Å². The van der Waals surface area contributed by atoms with E-state index < -0.39 is 22.1 Å². The van der Waals surface area contributed by atoms with Gasteiger partial charge in [0, 0.05) is 12.6 Å². The molecule has 1 aliphatic heterocycles. The van der Waals surface area contributed by atoms with Crippen molar-refractivity contribution in [3.63, 3.8) is 0 Å². The Hall–Kier alpha value is -2.09. The molecule has 0 unspecified atom stereocenters. The highest BCUT2D eigenvalue weighted by Gasteiger charge is 2.33. The van der Waals surface area contributed by atoms with Crippen LogP contribution in [0.15, 0.2) is 18.2 Å². The Morgan fingerprint density at radius 1 is 1.40 bits per heavy atom. The molecule has 1 heterocycles. The number of nitrogens with zero attached hydrogens (tertiary/aromatic N) is 1. The van der Waals surface area contributed by atoms with Gasteiger partial charge >= 0.3 is 5.97 Å². The van der Waals surface area contributed by atoms with E-state index in [4.69, 9.17) is 4.74 Å². The van der Waals surface area contributed by atoms with Crippen molar-refractivity contribution in [3.05, 3.63) is 29.3 Å². The summed E-state index contributed by atoms with van der Waals surface area (Å²) < 4.78 is 30.4. The number of sulfonamides is 1. The predicted octanol–water partition coefficient (Wildman–Crippen LogP) is 1.47. The van der Waals surface area contributed by atoms with Gasteiger partial charge in [0.2, 0.25) is 10.0 Å². The fourth-order valence-electron chi connectivity index (χ4n) is 2.91. The molecule has 0 spiro atoms. The van der Waals surface area contributed by atoms with Gasteiger partial charge in [0.05, 0.1) is 17.5 Å². The molecule has 0 aliphatic carbocycles. The molecule has 0 saturated heterocycles. The summed E-state index contributed by atoms with van der Waals surface area (Å²) in [5, 5.41) is 2.67. The van der Waals surface area contributed by atoms with E-state index in [0.717, 1.165) is 18.2 Å². The number of rotatable bonds is 6. The SMILES string of the molecule is CCCNC(=O)[C@@H](C)OC(=O)c1ccc2c(c1)C[C@@H](C)N2S(C)(=O)=O. The van der Waals surface area contributed by atoms with E-state index in [9.17, 15) is 18.0 Å². The number of esters is 1. The van der Waals surface area contributed by atoms with Crippen molar-refractivity contribution in [1.29, 1.82) is 0 Å². The van der Waals surface area contributed by atoms with E-state index in [0.29, 0.717) is 24.2 Å². The lowest BCUT2D eigenvalue weighted by Crippen LogP contribution is -2.36. The quantitative estimate of drug-likeness (QED) is 0.768. The number of fused-ring (bicyclic) bond motifs is 1. The zero-order valence-corrected chi connectivity index (χ0v) is 15.7. The first-order chi connectivity index (χ1) is 11.6. The first-order valence-corrected chi connectivity index (χ1v) is 10.1. The fourth-order valence-corrected chi connectivity index (χ4v) is 4.17. The summed E-state index contributed by atoms with van der Waals surface area (Å²) in [7, 11) is -3.37. The maximum Gasteiger partial charge on any atom is 0.338 e. The van der Waals surface area contributed by atoms with Gasteiger partial charge in [0.1, 0.15) is 0 Å². The molecule has 1 aromatic carbocycles. The van der Waals surface area contributed by atoms with Crippen molar-refractivity contribution < 1.29 is 22.7 Å². The average Bonchev–Trinajstić information content (AvgIpc) is 2.86. The number of hydrogen-bond acceptors (Lipinski definition) is 5. The molecule has 0 saturated carbocycles. The molecule has 138 valence electrons. The highest BCUT2D eigenvalue weighted by atomic mass is 32.2. The van der Waals surface area contributed by atoms with Gasteiger partial charge < -0.3 is 10.1 Å². The van der Waals surface area contributed by atoms with E-state index in [1.165, 1.54) is 17.3 Å². The fraction of sp³-hybridized carbons (Fsp3) is 0.529. The van der Waals surface area contributed by atoms with Gasteiger partial charge in [0.15, 0.2) is 6.10 Å². The van der Waals surface area contributed by atoms with Crippen molar-refractivity contribution in [2.24, 2.45) is 0 Å². The minimum Gasteiger partial charge on any atom is -0.449 e. The molecule has 1 N–H and O–H groups in total. The second kappa shape index (κ2) is 7.43. The molecule has 0 aromatic heterocycles. The molecule has 2 atom stereocenters. The molecule has 7 nitrogen and oxygen atoms in total. The van der Waals surface area contributed by atoms with Gasteiger partial charge in [-0.1, -0.05) is 6.92 Å². The summed E-state index contributed by atoms with van der Waals surface area (Å²) in [5.41, 5.74) is 1.66. The minimum absolute atomic E-state index is 0.199. The largest absolute Gasteiger partial charge is 0.449 e. The topological polar surface area (TPSA) is 92.8 Å². The van der Waals surface area contributed by atoms with Crippen molar-refractivity contribution in [2.75, 3.05) is 17.1 Å². The summed E-state index contributed by atoms with van der Waals surface area (Å²) in [6.07, 6.45) is 1.60. The highest BCUT2D eigenvalue weighted by Crippen LogP contribution is 2.34. The predicted molar refractivity (Wildman–Crippen MR) is 95.1 cm³/mol. The third-order valence-electron chi connectivity index (χ3n) is 4.03. The van der Waals surface area contributed by atoms with Gasteiger partial charge in [-0.05, 0) is 50.5 Å². The third-order valence-corrected chi connectivity index (χ3v) is 5.30. The van der Waals surface area contributed by atoms with Crippen LogP contribution in [0.5, 0.6) is 0 Å². The van der Waals surface area contributed by atoms with Crippen LogP contribution < -0.4 is 9.62 Å². The van der Waals surface area contributed by atoms with Gasteiger partial charge in [-0.2, -0.15) is 0 Å². The Balaban J connectivity index is 2.14. The molecule has 25 heavy (non-hydrogen) atoms. The van der Waals surface area contributed by atoms with Crippen LogP contribution in [0.3, 0.4) is 0 Å². The van der Waals surface area contributed by atoms with Crippen LogP contribution >= 0.6 is 0 Å². The number of hydrogen-bond donors (Lipinski definition) is 1. The normalized spacial score (nSPS) is 17.8. The molecule has 1 aromatic rings. The van der Waals surface area contributed by atoms with Gasteiger partial charge in [0.25, 0.3) is 5.91 Å².